The largest absolute Gasteiger partial charge is 0.480 e. The van der Waals surface area contributed by atoms with Crippen LogP contribution in [-0.4, -0.2) is 55.0 Å². The number of fused-ring (bicyclic) bond motifs is 3. The summed E-state index contributed by atoms with van der Waals surface area (Å²) in [5.74, 6) is -1.83. The summed E-state index contributed by atoms with van der Waals surface area (Å²) in [7, 11) is 1.49. The van der Waals surface area contributed by atoms with Crippen LogP contribution >= 0.6 is 0 Å². The van der Waals surface area contributed by atoms with Gasteiger partial charge in [0.25, 0.3) is 0 Å². The lowest BCUT2D eigenvalue weighted by Gasteiger charge is -2.28. The molecule has 0 spiro atoms. The quantitative estimate of drug-likeness (QED) is 0.464. The van der Waals surface area contributed by atoms with Gasteiger partial charge in [-0.25, -0.2) is 9.59 Å². The molecule has 2 aromatic rings. The maximum Gasteiger partial charge on any atom is 0.407 e. The molecule has 34 heavy (non-hydrogen) atoms. The van der Waals surface area contributed by atoms with Gasteiger partial charge in [0.2, 0.25) is 5.91 Å². The van der Waals surface area contributed by atoms with E-state index >= 15 is 0 Å². The highest BCUT2D eigenvalue weighted by Crippen LogP contribution is 2.44. The van der Waals surface area contributed by atoms with Gasteiger partial charge in [0, 0.05) is 26.1 Å². The maximum atomic E-state index is 12.9. The first-order valence-electron chi connectivity index (χ1n) is 11.5. The van der Waals surface area contributed by atoms with Crippen molar-refractivity contribution in [3.05, 3.63) is 59.7 Å². The van der Waals surface area contributed by atoms with Crippen LogP contribution < -0.4 is 10.6 Å². The zero-order chi connectivity index (χ0) is 24.7. The van der Waals surface area contributed by atoms with Crippen LogP contribution in [0.2, 0.25) is 0 Å². The van der Waals surface area contributed by atoms with E-state index in [2.05, 4.69) is 22.8 Å². The van der Waals surface area contributed by atoms with Gasteiger partial charge in [-0.15, -0.1) is 0 Å². The number of ether oxygens (including phenoxy) is 2. The molecule has 0 bridgehead atoms. The van der Waals surface area contributed by atoms with E-state index in [1.807, 2.05) is 43.3 Å². The summed E-state index contributed by atoms with van der Waals surface area (Å²) in [5.41, 5.74) is 2.98. The van der Waals surface area contributed by atoms with Crippen molar-refractivity contribution < 1.29 is 29.0 Å². The summed E-state index contributed by atoms with van der Waals surface area (Å²) < 4.78 is 10.6. The van der Waals surface area contributed by atoms with Crippen LogP contribution in [0.3, 0.4) is 0 Å². The third-order valence-corrected chi connectivity index (χ3v) is 6.18. The summed E-state index contributed by atoms with van der Waals surface area (Å²) >= 11 is 0. The van der Waals surface area contributed by atoms with Crippen molar-refractivity contribution in [2.24, 2.45) is 0 Å². The molecule has 0 fully saturated rings. The molecule has 0 heterocycles. The van der Waals surface area contributed by atoms with E-state index in [0.29, 0.717) is 6.42 Å². The number of amides is 2. The Morgan fingerprint density at radius 3 is 2.18 bits per heavy atom. The number of rotatable bonds is 11. The highest BCUT2D eigenvalue weighted by molar-refractivity contribution is 5.91. The van der Waals surface area contributed by atoms with Gasteiger partial charge in [-0.05, 0) is 35.6 Å². The highest BCUT2D eigenvalue weighted by atomic mass is 16.5. The monoisotopic (exact) mass is 468 g/mol. The van der Waals surface area contributed by atoms with Gasteiger partial charge in [-0.2, -0.15) is 0 Å². The molecular formula is C26H32N2O6. The Balaban J connectivity index is 1.67. The van der Waals surface area contributed by atoms with Gasteiger partial charge in [0.05, 0.1) is 0 Å². The summed E-state index contributed by atoms with van der Waals surface area (Å²) in [4.78, 5) is 37.2. The number of nitrogens with one attached hydrogen (secondary N) is 2. The molecule has 0 aliphatic heterocycles. The van der Waals surface area contributed by atoms with Crippen molar-refractivity contribution in [2.45, 2.75) is 50.6 Å². The summed E-state index contributed by atoms with van der Waals surface area (Å²) in [6.45, 7) is 3.61. The first kappa shape index (κ1) is 25.2. The number of methoxy groups -OCH3 is 1. The number of carboxylic acid groups (broad SMARTS) is 1. The highest BCUT2D eigenvalue weighted by Gasteiger charge is 2.36. The van der Waals surface area contributed by atoms with Gasteiger partial charge in [0.1, 0.15) is 18.2 Å². The van der Waals surface area contributed by atoms with Crippen molar-refractivity contribution >= 4 is 18.0 Å². The van der Waals surface area contributed by atoms with Crippen LogP contribution in [0.4, 0.5) is 4.79 Å². The van der Waals surface area contributed by atoms with Crippen LogP contribution in [0.25, 0.3) is 11.1 Å². The molecule has 0 saturated carbocycles. The van der Waals surface area contributed by atoms with Gasteiger partial charge < -0.3 is 25.2 Å². The SMILES string of the molecule is CCCC(C)(NC(=O)C(CCOC)NC(=O)OCC1c2ccccc2-c2ccccc21)C(=O)O. The fourth-order valence-electron chi connectivity index (χ4n) is 4.37. The minimum atomic E-state index is -1.43. The zero-order valence-corrected chi connectivity index (χ0v) is 19.8. The predicted octanol–water partition coefficient (Wildman–Crippen LogP) is 3.69. The first-order valence-corrected chi connectivity index (χ1v) is 11.5. The fraction of sp³-hybridized carbons (Fsp3) is 0.423. The number of carboxylic acids is 1. The second-order valence-electron chi connectivity index (χ2n) is 8.68. The number of alkyl carbamates (subject to hydrolysis) is 1. The van der Waals surface area contributed by atoms with Crippen LogP contribution in [0.5, 0.6) is 0 Å². The van der Waals surface area contributed by atoms with E-state index in [1.165, 1.54) is 14.0 Å². The van der Waals surface area contributed by atoms with E-state index in [9.17, 15) is 19.5 Å². The average Bonchev–Trinajstić information content (AvgIpc) is 3.14. The second kappa shape index (κ2) is 11.2. The van der Waals surface area contributed by atoms with Gasteiger partial charge in [0.15, 0.2) is 0 Å². The molecule has 0 radical (unpaired) electrons. The van der Waals surface area contributed by atoms with E-state index in [4.69, 9.17) is 9.47 Å². The standard InChI is InChI=1S/C26H32N2O6/c1-4-14-26(2,24(30)31)28-23(29)22(13-15-33-3)27-25(32)34-16-21-19-11-7-5-9-17(19)18-10-6-8-12-20(18)21/h5-12,21-22H,4,13-16H2,1-3H3,(H,27,32)(H,28,29)(H,30,31). The number of hydrogen-bond donors (Lipinski definition) is 3. The zero-order valence-electron chi connectivity index (χ0n) is 19.8. The summed E-state index contributed by atoms with van der Waals surface area (Å²) in [6.07, 6.45) is 0.265. The van der Waals surface area contributed by atoms with E-state index in [0.717, 1.165) is 22.3 Å². The van der Waals surface area contributed by atoms with Crippen molar-refractivity contribution in [2.75, 3.05) is 20.3 Å². The fourth-order valence-corrected chi connectivity index (χ4v) is 4.37. The molecule has 2 unspecified atom stereocenters. The second-order valence-corrected chi connectivity index (χ2v) is 8.68. The predicted molar refractivity (Wildman–Crippen MR) is 128 cm³/mol. The van der Waals surface area contributed by atoms with Gasteiger partial charge in [-0.3, -0.25) is 4.79 Å². The Labute approximate surface area is 199 Å². The molecule has 2 atom stereocenters. The normalized spacial score (nSPS) is 14.9. The van der Waals surface area contributed by atoms with Gasteiger partial charge >= 0.3 is 12.1 Å². The molecule has 1 aliphatic carbocycles. The number of aliphatic carboxylic acids is 1. The first-order chi connectivity index (χ1) is 16.3. The lowest BCUT2D eigenvalue weighted by atomic mass is 9.95. The molecule has 0 aromatic heterocycles. The third-order valence-electron chi connectivity index (χ3n) is 6.18. The van der Waals surface area contributed by atoms with Crippen molar-refractivity contribution in [1.82, 2.24) is 10.6 Å². The lowest BCUT2D eigenvalue weighted by Crippen LogP contribution is -2.58. The van der Waals surface area contributed by atoms with Crippen molar-refractivity contribution in [3.8, 4) is 11.1 Å². The van der Waals surface area contributed by atoms with Crippen LogP contribution in [0.1, 0.15) is 50.2 Å². The Bertz CT molecular complexity index is 994. The molecule has 2 aromatic carbocycles. The van der Waals surface area contributed by atoms with E-state index in [1.54, 1.807) is 0 Å². The maximum absolute atomic E-state index is 12.9. The Kier molecular flexibility index (Phi) is 8.28. The van der Waals surface area contributed by atoms with Crippen LogP contribution in [-0.2, 0) is 19.1 Å². The number of carbonyl (C=O) groups is 3. The number of hydrogen-bond acceptors (Lipinski definition) is 5. The molecule has 1 aliphatic rings. The lowest BCUT2D eigenvalue weighted by molar-refractivity contribution is -0.147. The van der Waals surface area contributed by atoms with Crippen LogP contribution in [0, 0.1) is 0 Å². The van der Waals surface area contributed by atoms with Crippen molar-refractivity contribution in [1.29, 1.82) is 0 Å². The Morgan fingerprint density at radius 2 is 1.65 bits per heavy atom. The van der Waals surface area contributed by atoms with Crippen LogP contribution in [0.15, 0.2) is 48.5 Å². The minimum absolute atomic E-state index is 0.107. The van der Waals surface area contributed by atoms with Crippen molar-refractivity contribution in [3.63, 3.8) is 0 Å². The molecule has 8 heteroatoms. The molecular weight excluding hydrogens is 436 g/mol. The van der Waals surface area contributed by atoms with E-state index in [-0.39, 0.29) is 32.0 Å². The molecule has 182 valence electrons. The molecule has 8 nitrogen and oxygen atoms in total. The number of benzene rings is 2. The van der Waals surface area contributed by atoms with E-state index < -0.39 is 29.6 Å². The molecule has 3 rings (SSSR count). The molecule has 3 N–H and O–H groups in total. The smallest absolute Gasteiger partial charge is 0.407 e. The summed E-state index contributed by atoms with van der Waals surface area (Å²) in [5, 5.41) is 14.7. The molecule has 2 amide bonds. The Morgan fingerprint density at radius 1 is 1.06 bits per heavy atom. The number of carbonyl (C=O) groups excluding carboxylic acids is 2. The minimum Gasteiger partial charge on any atom is -0.480 e. The molecule has 0 saturated heterocycles. The van der Waals surface area contributed by atoms with Gasteiger partial charge in [-0.1, -0.05) is 61.9 Å². The topological polar surface area (TPSA) is 114 Å². The average molecular weight is 469 g/mol. The summed E-state index contributed by atoms with van der Waals surface area (Å²) in [6, 6.07) is 15.0. The Hall–Kier alpha value is -3.39. The third kappa shape index (κ3) is 5.56.